The molecule has 1 atom stereocenters. The molecule has 1 unspecified atom stereocenters. The van der Waals surface area contributed by atoms with Crippen molar-refractivity contribution in [3.63, 3.8) is 0 Å². The average molecular weight is 266 g/mol. The quantitative estimate of drug-likeness (QED) is 0.576. The van der Waals surface area contributed by atoms with Gasteiger partial charge in [0, 0.05) is 19.1 Å². The second-order valence-corrected chi connectivity index (χ2v) is 7.43. The Labute approximate surface area is 120 Å². The third-order valence-corrected chi connectivity index (χ3v) is 4.53. The van der Waals surface area contributed by atoms with E-state index in [0.717, 1.165) is 23.8 Å². The Morgan fingerprint density at radius 2 is 1.58 bits per heavy atom. The van der Waals surface area contributed by atoms with Gasteiger partial charge in [-0.1, -0.05) is 13.8 Å². The zero-order valence-electron chi connectivity index (χ0n) is 13.3. The van der Waals surface area contributed by atoms with E-state index in [-0.39, 0.29) is 0 Å². The topological polar surface area (TPSA) is 15.3 Å². The van der Waals surface area contributed by atoms with Gasteiger partial charge in [-0.05, 0) is 76.3 Å². The minimum Gasteiger partial charge on any atom is -0.316 e. The van der Waals surface area contributed by atoms with Gasteiger partial charge in [0.25, 0.3) is 0 Å². The number of nitrogens with zero attached hydrogens (tertiary/aromatic N) is 1. The lowest BCUT2D eigenvalue weighted by molar-refractivity contribution is 0.181. The fourth-order valence-electron chi connectivity index (χ4n) is 2.79. The highest BCUT2D eigenvalue weighted by Gasteiger charge is 2.30. The lowest BCUT2D eigenvalue weighted by Crippen LogP contribution is -2.37. The van der Waals surface area contributed by atoms with Crippen molar-refractivity contribution in [1.29, 1.82) is 0 Å². The highest BCUT2D eigenvalue weighted by atomic mass is 15.2. The van der Waals surface area contributed by atoms with Crippen LogP contribution in [0.5, 0.6) is 0 Å². The summed E-state index contributed by atoms with van der Waals surface area (Å²) in [7, 11) is 0. The smallest absolute Gasteiger partial charge is 0.00676 e. The number of rotatable bonds is 11. The molecule has 0 bridgehead atoms. The van der Waals surface area contributed by atoms with Crippen LogP contribution >= 0.6 is 0 Å². The summed E-state index contributed by atoms with van der Waals surface area (Å²) in [5.74, 6) is 2.86. The molecular weight excluding hydrogens is 232 g/mol. The van der Waals surface area contributed by atoms with Gasteiger partial charge in [0.15, 0.2) is 0 Å². The summed E-state index contributed by atoms with van der Waals surface area (Å²) < 4.78 is 0. The van der Waals surface area contributed by atoms with Crippen LogP contribution < -0.4 is 5.32 Å². The molecule has 0 radical (unpaired) electrons. The first kappa shape index (κ1) is 15.3. The zero-order chi connectivity index (χ0) is 13.7. The predicted molar refractivity (Wildman–Crippen MR) is 83.4 cm³/mol. The lowest BCUT2D eigenvalue weighted by atomic mass is 10.1. The van der Waals surface area contributed by atoms with Gasteiger partial charge in [0.1, 0.15) is 0 Å². The Morgan fingerprint density at radius 3 is 2.05 bits per heavy atom. The molecule has 0 aromatic rings. The molecule has 0 spiro atoms. The molecule has 19 heavy (non-hydrogen) atoms. The van der Waals surface area contributed by atoms with Crippen LogP contribution in [0.4, 0.5) is 0 Å². The molecule has 2 rings (SSSR count). The number of hydrogen-bond acceptors (Lipinski definition) is 2. The van der Waals surface area contributed by atoms with E-state index in [1.54, 1.807) is 0 Å². The molecule has 112 valence electrons. The minimum atomic E-state index is 0.777. The van der Waals surface area contributed by atoms with Crippen molar-refractivity contribution < 1.29 is 0 Å². The summed E-state index contributed by atoms with van der Waals surface area (Å²) in [5.41, 5.74) is 0. The van der Waals surface area contributed by atoms with Crippen molar-refractivity contribution in [2.45, 2.75) is 65.3 Å². The Kier molecular flexibility index (Phi) is 6.15. The van der Waals surface area contributed by atoms with Crippen molar-refractivity contribution in [1.82, 2.24) is 10.2 Å². The molecule has 2 fully saturated rings. The summed E-state index contributed by atoms with van der Waals surface area (Å²) in [6, 6.07) is 0.794. The maximum atomic E-state index is 3.57. The fourth-order valence-corrected chi connectivity index (χ4v) is 2.79. The van der Waals surface area contributed by atoms with Crippen LogP contribution in [0.1, 0.15) is 59.3 Å². The van der Waals surface area contributed by atoms with Crippen molar-refractivity contribution >= 4 is 0 Å². The molecule has 0 amide bonds. The standard InChI is InChI=1S/C17H34N2/c1-14(2)11-18-10-4-5-15(3)19(12-16-6-7-16)13-17-8-9-17/h14-18H,4-13H2,1-3H3. The van der Waals surface area contributed by atoms with Crippen LogP contribution in [-0.2, 0) is 0 Å². The largest absolute Gasteiger partial charge is 0.316 e. The number of hydrogen-bond donors (Lipinski definition) is 1. The Bertz CT molecular complexity index is 230. The monoisotopic (exact) mass is 266 g/mol. The molecule has 2 aliphatic rings. The van der Waals surface area contributed by atoms with E-state index >= 15 is 0 Å². The zero-order valence-corrected chi connectivity index (χ0v) is 13.3. The van der Waals surface area contributed by atoms with Crippen LogP contribution in [0.2, 0.25) is 0 Å². The molecule has 1 N–H and O–H groups in total. The molecule has 2 saturated carbocycles. The number of nitrogens with one attached hydrogen (secondary N) is 1. The SMILES string of the molecule is CC(C)CNCCCC(C)N(CC1CC1)CC1CC1. The van der Waals surface area contributed by atoms with E-state index in [0.29, 0.717) is 0 Å². The van der Waals surface area contributed by atoms with Gasteiger partial charge in [-0.15, -0.1) is 0 Å². The molecular formula is C17H34N2. The van der Waals surface area contributed by atoms with E-state index in [1.165, 1.54) is 64.7 Å². The Morgan fingerprint density at radius 1 is 1.00 bits per heavy atom. The van der Waals surface area contributed by atoms with Crippen LogP contribution in [0, 0.1) is 17.8 Å². The fraction of sp³-hybridized carbons (Fsp3) is 1.00. The molecule has 0 aromatic carbocycles. The highest BCUT2D eigenvalue weighted by molar-refractivity contribution is 4.84. The molecule has 0 saturated heterocycles. The van der Waals surface area contributed by atoms with E-state index in [1.807, 2.05) is 0 Å². The minimum absolute atomic E-state index is 0.777. The second kappa shape index (κ2) is 7.64. The summed E-state index contributed by atoms with van der Waals surface area (Å²) in [6.45, 7) is 12.2. The third kappa shape index (κ3) is 6.76. The Balaban J connectivity index is 1.58. The molecule has 2 nitrogen and oxygen atoms in total. The molecule has 0 aromatic heterocycles. The maximum Gasteiger partial charge on any atom is 0.00676 e. The first-order chi connectivity index (χ1) is 9.15. The van der Waals surface area contributed by atoms with E-state index in [9.17, 15) is 0 Å². The van der Waals surface area contributed by atoms with Crippen LogP contribution in [0.3, 0.4) is 0 Å². The normalized spacial score (nSPS) is 21.3. The average Bonchev–Trinajstić information content (AvgIpc) is 3.21. The maximum absolute atomic E-state index is 3.57. The summed E-state index contributed by atoms with van der Waals surface area (Å²) in [5, 5.41) is 3.57. The summed E-state index contributed by atoms with van der Waals surface area (Å²) in [4.78, 5) is 2.80. The van der Waals surface area contributed by atoms with E-state index in [2.05, 4.69) is 31.0 Å². The lowest BCUT2D eigenvalue weighted by Gasteiger charge is -2.29. The van der Waals surface area contributed by atoms with Crippen molar-refractivity contribution in [3.05, 3.63) is 0 Å². The van der Waals surface area contributed by atoms with Crippen molar-refractivity contribution in [3.8, 4) is 0 Å². The predicted octanol–water partition coefficient (Wildman–Crippen LogP) is 3.52. The summed E-state index contributed by atoms with van der Waals surface area (Å²) in [6.07, 6.45) is 8.66. The first-order valence-electron chi connectivity index (χ1n) is 8.60. The van der Waals surface area contributed by atoms with Gasteiger partial charge in [-0.2, -0.15) is 0 Å². The summed E-state index contributed by atoms with van der Waals surface area (Å²) >= 11 is 0. The van der Waals surface area contributed by atoms with Crippen molar-refractivity contribution in [2.24, 2.45) is 17.8 Å². The van der Waals surface area contributed by atoms with E-state index in [4.69, 9.17) is 0 Å². The molecule has 0 aliphatic heterocycles. The van der Waals surface area contributed by atoms with Gasteiger partial charge in [-0.25, -0.2) is 0 Å². The molecule has 0 heterocycles. The van der Waals surface area contributed by atoms with Crippen LogP contribution in [-0.4, -0.2) is 37.1 Å². The third-order valence-electron chi connectivity index (χ3n) is 4.53. The van der Waals surface area contributed by atoms with E-state index < -0.39 is 0 Å². The van der Waals surface area contributed by atoms with Crippen LogP contribution in [0.25, 0.3) is 0 Å². The van der Waals surface area contributed by atoms with Crippen molar-refractivity contribution in [2.75, 3.05) is 26.2 Å². The molecule has 2 aliphatic carbocycles. The van der Waals surface area contributed by atoms with Gasteiger partial charge in [0.05, 0.1) is 0 Å². The highest BCUT2D eigenvalue weighted by Crippen LogP contribution is 2.34. The second-order valence-electron chi connectivity index (χ2n) is 7.43. The first-order valence-corrected chi connectivity index (χ1v) is 8.60. The van der Waals surface area contributed by atoms with Gasteiger partial charge < -0.3 is 10.2 Å². The van der Waals surface area contributed by atoms with Gasteiger partial charge >= 0.3 is 0 Å². The Hall–Kier alpha value is -0.0800. The van der Waals surface area contributed by atoms with Crippen LogP contribution in [0.15, 0.2) is 0 Å². The molecule has 2 heteroatoms. The van der Waals surface area contributed by atoms with Gasteiger partial charge in [0.2, 0.25) is 0 Å². The van der Waals surface area contributed by atoms with Gasteiger partial charge in [-0.3, -0.25) is 0 Å².